The maximum atomic E-state index is 3.94. The first-order valence-corrected chi connectivity index (χ1v) is 5.97. The van der Waals surface area contributed by atoms with Crippen LogP contribution in [0, 0.1) is 13.8 Å². The van der Waals surface area contributed by atoms with E-state index in [0.29, 0.717) is 0 Å². The highest BCUT2D eigenvalue weighted by Gasteiger charge is 2.09. The van der Waals surface area contributed by atoms with Crippen LogP contribution in [0.5, 0.6) is 0 Å². The van der Waals surface area contributed by atoms with Crippen LogP contribution in [-0.4, -0.2) is 0 Å². The maximum absolute atomic E-state index is 3.94. The Kier molecular flexibility index (Phi) is 3.14. The summed E-state index contributed by atoms with van der Waals surface area (Å²) >= 11 is 0. The molecule has 0 aliphatic rings. The van der Waals surface area contributed by atoms with E-state index in [9.17, 15) is 0 Å². The van der Waals surface area contributed by atoms with Crippen molar-refractivity contribution >= 4 is 22.9 Å². The van der Waals surface area contributed by atoms with Gasteiger partial charge >= 0.3 is 0 Å². The largest absolute Gasteiger partial charge is 0.0984 e. The van der Waals surface area contributed by atoms with Gasteiger partial charge < -0.3 is 0 Å². The van der Waals surface area contributed by atoms with Gasteiger partial charge in [-0.25, -0.2) is 0 Å². The van der Waals surface area contributed by atoms with Gasteiger partial charge in [0, 0.05) is 0 Å². The molecule has 0 amide bonds. The third-order valence-corrected chi connectivity index (χ3v) is 3.42. The molecule has 17 heavy (non-hydrogen) atoms. The lowest BCUT2D eigenvalue weighted by atomic mass is 9.90. The van der Waals surface area contributed by atoms with Gasteiger partial charge in [-0.2, -0.15) is 0 Å². The first-order chi connectivity index (χ1) is 8.20. The quantitative estimate of drug-likeness (QED) is 0.660. The van der Waals surface area contributed by atoms with Crippen LogP contribution < -0.4 is 0 Å². The van der Waals surface area contributed by atoms with Crippen LogP contribution in [0.2, 0.25) is 0 Å². The standard InChI is InChI=1S/C17H18/c1-5-9-15-13(4)12(3)14(6-2)16-10-7-8-11-17(15)16/h5-11H,2H2,1,3-4H3/b9-5-. The second kappa shape index (κ2) is 4.58. The molecule has 2 aromatic carbocycles. The Balaban J connectivity index is 3.00. The number of rotatable bonds is 2. The van der Waals surface area contributed by atoms with Crippen LogP contribution in [0.4, 0.5) is 0 Å². The van der Waals surface area contributed by atoms with Crippen molar-refractivity contribution in [3.63, 3.8) is 0 Å². The van der Waals surface area contributed by atoms with E-state index in [-0.39, 0.29) is 0 Å². The van der Waals surface area contributed by atoms with Crippen molar-refractivity contribution in [2.75, 3.05) is 0 Å². The molecule has 2 aromatic rings. The van der Waals surface area contributed by atoms with Gasteiger partial charge in [-0.05, 0) is 53.8 Å². The van der Waals surface area contributed by atoms with Gasteiger partial charge in [-0.1, -0.05) is 49.1 Å². The molecule has 0 spiro atoms. The molecule has 86 valence electrons. The summed E-state index contributed by atoms with van der Waals surface area (Å²) < 4.78 is 0. The molecule has 0 heterocycles. The Hall–Kier alpha value is -1.82. The lowest BCUT2D eigenvalue weighted by Gasteiger charge is -2.14. The van der Waals surface area contributed by atoms with Crippen molar-refractivity contribution in [3.8, 4) is 0 Å². The Morgan fingerprint density at radius 1 is 0.941 bits per heavy atom. The molecule has 0 unspecified atom stereocenters. The predicted molar refractivity (Wildman–Crippen MR) is 78.2 cm³/mol. The summed E-state index contributed by atoms with van der Waals surface area (Å²) in [5.74, 6) is 0. The van der Waals surface area contributed by atoms with E-state index >= 15 is 0 Å². The number of hydrogen-bond acceptors (Lipinski definition) is 0. The van der Waals surface area contributed by atoms with Gasteiger partial charge in [-0.3, -0.25) is 0 Å². The van der Waals surface area contributed by atoms with Crippen LogP contribution >= 0.6 is 0 Å². The van der Waals surface area contributed by atoms with Crippen molar-refractivity contribution in [3.05, 3.63) is 59.2 Å². The molecule has 0 saturated carbocycles. The minimum Gasteiger partial charge on any atom is -0.0984 e. The zero-order valence-corrected chi connectivity index (χ0v) is 10.7. The van der Waals surface area contributed by atoms with Gasteiger partial charge in [0.25, 0.3) is 0 Å². The van der Waals surface area contributed by atoms with E-state index in [1.807, 2.05) is 6.08 Å². The van der Waals surface area contributed by atoms with E-state index in [1.54, 1.807) is 0 Å². The van der Waals surface area contributed by atoms with Gasteiger partial charge in [0.05, 0.1) is 0 Å². The van der Waals surface area contributed by atoms with Gasteiger partial charge in [0.15, 0.2) is 0 Å². The fourth-order valence-corrected chi connectivity index (χ4v) is 2.41. The maximum Gasteiger partial charge on any atom is -0.0103 e. The fourth-order valence-electron chi connectivity index (χ4n) is 2.41. The average Bonchev–Trinajstić information content (AvgIpc) is 2.35. The lowest BCUT2D eigenvalue weighted by molar-refractivity contribution is 1.34. The summed E-state index contributed by atoms with van der Waals surface area (Å²) in [6.45, 7) is 10.4. The second-order valence-electron chi connectivity index (χ2n) is 4.33. The SMILES string of the molecule is C=Cc1c(C)c(C)c(/C=C\C)c2ccccc12. The number of allylic oxidation sites excluding steroid dienone is 1. The molecule has 0 fully saturated rings. The van der Waals surface area contributed by atoms with Gasteiger partial charge in [0.1, 0.15) is 0 Å². The Morgan fingerprint density at radius 2 is 1.47 bits per heavy atom. The highest BCUT2D eigenvalue weighted by molar-refractivity contribution is 5.98. The number of hydrogen-bond donors (Lipinski definition) is 0. The average molecular weight is 222 g/mol. The lowest BCUT2D eigenvalue weighted by Crippen LogP contribution is -1.93. The molecule has 0 aliphatic carbocycles. The molecule has 0 radical (unpaired) electrons. The van der Waals surface area contributed by atoms with Crippen LogP contribution in [0.15, 0.2) is 36.9 Å². The van der Waals surface area contributed by atoms with Crippen LogP contribution in [-0.2, 0) is 0 Å². The third-order valence-electron chi connectivity index (χ3n) is 3.42. The molecular formula is C17H18. The molecule has 0 bridgehead atoms. The van der Waals surface area contributed by atoms with E-state index in [4.69, 9.17) is 0 Å². The number of fused-ring (bicyclic) bond motifs is 1. The molecule has 0 atom stereocenters. The molecule has 0 nitrogen and oxygen atoms in total. The first-order valence-electron chi connectivity index (χ1n) is 5.97. The van der Waals surface area contributed by atoms with E-state index in [1.165, 1.54) is 33.0 Å². The Labute approximate surface area is 103 Å². The predicted octanol–water partition coefficient (Wildman–Crippen LogP) is 5.13. The van der Waals surface area contributed by atoms with Gasteiger partial charge in [-0.15, -0.1) is 0 Å². The minimum absolute atomic E-state index is 1.26. The fraction of sp³-hybridized carbons (Fsp3) is 0.176. The molecular weight excluding hydrogens is 204 g/mol. The first kappa shape index (κ1) is 11.7. The van der Waals surface area contributed by atoms with E-state index in [0.717, 1.165) is 0 Å². The summed E-state index contributed by atoms with van der Waals surface area (Å²) in [5, 5.41) is 2.60. The zero-order valence-electron chi connectivity index (χ0n) is 10.7. The van der Waals surface area contributed by atoms with Crippen LogP contribution in [0.25, 0.3) is 22.9 Å². The highest BCUT2D eigenvalue weighted by Crippen LogP contribution is 2.31. The second-order valence-corrected chi connectivity index (χ2v) is 4.33. The van der Waals surface area contributed by atoms with Crippen molar-refractivity contribution < 1.29 is 0 Å². The summed E-state index contributed by atoms with van der Waals surface area (Å²) in [6.07, 6.45) is 6.25. The third kappa shape index (κ3) is 1.80. The van der Waals surface area contributed by atoms with E-state index in [2.05, 4.69) is 63.8 Å². The van der Waals surface area contributed by atoms with Crippen molar-refractivity contribution in [1.82, 2.24) is 0 Å². The molecule has 0 aliphatic heterocycles. The summed E-state index contributed by atoms with van der Waals surface area (Å²) in [7, 11) is 0. The Bertz CT molecular complexity index is 601. The molecule has 0 aromatic heterocycles. The van der Waals surface area contributed by atoms with Gasteiger partial charge in [0.2, 0.25) is 0 Å². The molecule has 0 heteroatoms. The zero-order chi connectivity index (χ0) is 12.4. The van der Waals surface area contributed by atoms with Crippen molar-refractivity contribution in [1.29, 1.82) is 0 Å². The molecule has 0 N–H and O–H groups in total. The molecule has 2 rings (SSSR count). The van der Waals surface area contributed by atoms with E-state index < -0.39 is 0 Å². The van der Waals surface area contributed by atoms with Crippen LogP contribution in [0.3, 0.4) is 0 Å². The normalized spacial score (nSPS) is 11.2. The van der Waals surface area contributed by atoms with Crippen molar-refractivity contribution in [2.24, 2.45) is 0 Å². The summed E-state index contributed by atoms with van der Waals surface area (Å²) in [6, 6.07) is 8.54. The van der Waals surface area contributed by atoms with Crippen LogP contribution in [0.1, 0.15) is 29.2 Å². The Morgan fingerprint density at radius 3 is 2.00 bits per heavy atom. The molecule has 0 saturated heterocycles. The van der Waals surface area contributed by atoms with Crippen molar-refractivity contribution in [2.45, 2.75) is 20.8 Å². The smallest absolute Gasteiger partial charge is 0.0103 e. The summed E-state index contributed by atoms with van der Waals surface area (Å²) in [5.41, 5.74) is 5.25. The monoisotopic (exact) mass is 222 g/mol. The highest BCUT2D eigenvalue weighted by atomic mass is 14.1. The minimum atomic E-state index is 1.26. The topological polar surface area (TPSA) is 0 Å². The number of benzene rings is 2. The summed E-state index contributed by atoms with van der Waals surface area (Å²) in [4.78, 5) is 0.